The van der Waals surface area contributed by atoms with Gasteiger partial charge in [-0.1, -0.05) is 38.1 Å². The number of aryl methyl sites for hydroxylation is 1. The molecule has 1 atom stereocenters. The first-order valence-electron chi connectivity index (χ1n) is 10.8. The van der Waals surface area contributed by atoms with Crippen LogP contribution in [0.15, 0.2) is 57.9 Å². The van der Waals surface area contributed by atoms with Crippen LogP contribution in [-0.2, 0) is 21.1 Å². The molecule has 0 amide bonds. The van der Waals surface area contributed by atoms with Gasteiger partial charge in [0.25, 0.3) is 0 Å². The number of halogens is 2. The second-order valence-corrected chi connectivity index (χ2v) is 10.0. The zero-order chi connectivity index (χ0) is 24.3. The summed E-state index contributed by atoms with van der Waals surface area (Å²) < 4.78 is 54.7. The number of rotatable bonds is 8. The summed E-state index contributed by atoms with van der Waals surface area (Å²) in [5.41, 5.74) is 0.265. The van der Waals surface area contributed by atoms with E-state index in [0.29, 0.717) is 30.4 Å². The van der Waals surface area contributed by atoms with Crippen LogP contribution in [0.5, 0.6) is 0 Å². The third-order valence-electron chi connectivity index (χ3n) is 5.80. The normalized spacial score (nSPS) is 16.5. The summed E-state index contributed by atoms with van der Waals surface area (Å²) in [7, 11) is -3.93. The van der Waals surface area contributed by atoms with Gasteiger partial charge in [0.05, 0.1) is 27.6 Å². The van der Waals surface area contributed by atoms with Crippen LogP contribution >= 0.6 is 0 Å². The van der Waals surface area contributed by atoms with Crippen LogP contribution in [0.25, 0.3) is 5.70 Å². The summed E-state index contributed by atoms with van der Waals surface area (Å²) >= 11 is 0. The van der Waals surface area contributed by atoms with Crippen LogP contribution in [0.3, 0.4) is 0 Å². The number of nitrogens with one attached hydrogen (secondary N) is 1. The predicted molar refractivity (Wildman–Crippen MR) is 125 cm³/mol. The molecule has 8 heteroatoms. The molecule has 1 N–H and O–H groups in total. The monoisotopic (exact) mass is 472 g/mol. The van der Waals surface area contributed by atoms with E-state index in [4.69, 9.17) is 5.41 Å². The maximum absolute atomic E-state index is 14.4. The number of carbonyl (C=O) groups is 1. The van der Waals surface area contributed by atoms with Crippen LogP contribution in [0.2, 0.25) is 0 Å². The molecule has 5 nitrogen and oxygen atoms in total. The largest absolute Gasteiger partial charge is 0.300 e. The topological polar surface area (TPSA) is 87.4 Å². The average Bonchev–Trinajstić information content (AvgIpc) is 2.78. The molecule has 1 heterocycles. The van der Waals surface area contributed by atoms with Gasteiger partial charge < -0.3 is 5.41 Å². The molecule has 1 aliphatic heterocycles. The summed E-state index contributed by atoms with van der Waals surface area (Å²) in [6.45, 7) is 5.37. The fourth-order valence-corrected chi connectivity index (χ4v) is 5.59. The van der Waals surface area contributed by atoms with Crippen LogP contribution in [0, 0.1) is 23.0 Å². The molecule has 2 aromatic carbocycles. The Morgan fingerprint density at radius 3 is 2.33 bits per heavy atom. The van der Waals surface area contributed by atoms with Gasteiger partial charge in [0.1, 0.15) is 17.4 Å². The number of benzene rings is 2. The Morgan fingerprint density at radius 1 is 1.09 bits per heavy atom. The SMILES string of the molecule is CCc1ccccc1S(=O)(=O)CC(=N)C(=O)C1=NC(c2c(F)cccc2F)=C(C)CC1CC. The minimum atomic E-state index is -3.93. The van der Waals surface area contributed by atoms with Crippen molar-refractivity contribution in [3.8, 4) is 0 Å². The van der Waals surface area contributed by atoms with Gasteiger partial charge in [0.15, 0.2) is 9.84 Å². The minimum absolute atomic E-state index is 0.0191. The Morgan fingerprint density at radius 2 is 1.73 bits per heavy atom. The van der Waals surface area contributed by atoms with Crippen molar-refractivity contribution >= 4 is 32.7 Å². The molecule has 0 bridgehead atoms. The summed E-state index contributed by atoms with van der Waals surface area (Å²) in [5, 5.41) is 8.26. The van der Waals surface area contributed by atoms with Gasteiger partial charge in [0.2, 0.25) is 5.78 Å². The molecule has 1 unspecified atom stereocenters. The van der Waals surface area contributed by atoms with Gasteiger partial charge >= 0.3 is 0 Å². The summed E-state index contributed by atoms with van der Waals surface area (Å²) in [4.78, 5) is 17.5. The first-order chi connectivity index (χ1) is 15.6. The highest BCUT2D eigenvalue weighted by Gasteiger charge is 2.33. The lowest BCUT2D eigenvalue weighted by Crippen LogP contribution is -2.35. The molecule has 0 saturated heterocycles. The predicted octanol–water partition coefficient (Wildman–Crippen LogP) is 5.19. The zero-order valence-corrected chi connectivity index (χ0v) is 19.6. The standard InChI is InChI=1S/C25H26F2N2O3S/c1-4-16-9-6-7-12-21(16)33(31,32)14-20(28)25(30)24-17(5-2)13-15(3)23(29-24)22-18(26)10-8-11-19(22)27/h6-12,17,28H,4-5,13-14H2,1-3H3. The fraction of sp³-hybridized carbons (Fsp3) is 0.320. The van der Waals surface area contributed by atoms with Crippen LogP contribution in [0.1, 0.15) is 44.7 Å². The van der Waals surface area contributed by atoms with E-state index >= 15 is 0 Å². The van der Waals surface area contributed by atoms with Crippen LogP contribution < -0.4 is 0 Å². The number of hydrogen-bond donors (Lipinski definition) is 1. The average molecular weight is 473 g/mol. The number of nitrogens with zero attached hydrogens (tertiary/aromatic N) is 1. The highest BCUT2D eigenvalue weighted by atomic mass is 32.2. The third-order valence-corrected chi connectivity index (χ3v) is 7.53. The molecule has 0 fully saturated rings. The molecule has 33 heavy (non-hydrogen) atoms. The molecular formula is C25H26F2N2O3S. The maximum Gasteiger partial charge on any atom is 0.222 e. The van der Waals surface area contributed by atoms with E-state index in [1.807, 2.05) is 13.8 Å². The molecule has 2 aromatic rings. The smallest absolute Gasteiger partial charge is 0.222 e. The van der Waals surface area contributed by atoms with E-state index in [0.717, 1.165) is 12.1 Å². The van der Waals surface area contributed by atoms with Crippen molar-refractivity contribution in [1.82, 2.24) is 0 Å². The number of Topliss-reactive ketones (excluding diaryl/α,β-unsaturated/α-hetero) is 1. The van der Waals surface area contributed by atoms with Gasteiger partial charge in [0, 0.05) is 5.92 Å². The second kappa shape index (κ2) is 9.87. The van der Waals surface area contributed by atoms with Crippen LogP contribution in [0.4, 0.5) is 8.78 Å². The molecule has 174 valence electrons. The zero-order valence-electron chi connectivity index (χ0n) is 18.8. The summed E-state index contributed by atoms with van der Waals surface area (Å²) in [5.74, 6) is -3.57. The maximum atomic E-state index is 14.4. The lowest BCUT2D eigenvalue weighted by molar-refractivity contribution is -0.107. The van der Waals surface area contributed by atoms with Crippen molar-refractivity contribution in [3.63, 3.8) is 0 Å². The molecule has 1 aliphatic rings. The molecule has 3 rings (SSSR count). The number of carbonyl (C=O) groups excluding carboxylic acids is 1. The van der Waals surface area contributed by atoms with E-state index in [1.165, 1.54) is 12.1 Å². The van der Waals surface area contributed by atoms with Gasteiger partial charge in [-0.3, -0.25) is 4.79 Å². The van der Waals surface area contributed by atoms with Gasteiger partial charge in [-0.05, 0) is 55.5 Å². The Labute approximate surface area is 192 Å². The van der Waals surface area contributed by atoms with Crippen molar-refractivity contribution in [2.24, 2.45) is 10.9 Å². The van der Waals surface area contributed by atoms with Gasteiger partial charge in [-0.15, -0.1) is 0 Å². The molecule has 0 aromatic heterocycles. The molecule has 0 aliphatic carbocycles. The summed E-state index contributed by atoms with van der Waals surface area (Å²) in [6.07, 6.45) is 1.33. The Kier molecular flexibility index (Phi) is 7.37. The number of allylic oxidation sites excluding steroid dienone is 1. The van der Waals surface area contributed by atoms with E-state index in [2.05, 4.69) is 4.99 Å². The van der Waals surface area contributed by atoms with E-state index in [1.54, 1.807) is 25.1 Å². The first kappa shape index (κ1) is 24.6. The van der Waals surface area contributed by atoms with E-state index in [9.17, 15) is 22.0 Å². The van der Waals surface area contributed by atoms with Gasteiger partial charge in [-0.2, -0.15) is 0 Å². The molecule has 0 radical (unpaired) electrons. The van der Waals surface area contributed by atoms with Crippen molar-refractivity contribution in [2.45, 2.75) is 44.9 Å². The fourth-order valence-electron chi connectivity index (χ4n) is 4.02. The van der Waals surface area contributed by atoms with Crippen LogP contribution in [-0.4, -0.2) is 31.4 Å². The van der Waals surface area contributed by atoms with Crippen molar-refractivity contribution in [3.05, 3.63) is 70.8 Å². The lowest BCUT2D eigenvalue weighted by Gasteiger charge is -2.25. The molecule has 0 spiro atoms. The number of hydrogen-bond acceptors (Lipinski definition) is 5. The Hall–Kier alpha value is -3.00. The van der Waals surface area contributed by atoms with Crippen molar-refractivity contribution in [2.75, 3.05) is 5.75 Å². The van der Waals surface area contributed by atoms with Crippen molar-refractivity contribution in [1.29, 1.82) is 5.41 Å². The van der Waals surface area contributed by atoms with Gasteiger partial charge in [-0.25, -0.2) is 22.2 Å². The highest BCUT2D eigenvalue weighted by molar-refractivity contribution is 7.92. The number of ketones is 1. The number of aliphatic imine (C=N–C) groups is 1. The Bertz CT molecular complexity index is 1260. The number of sulfone groups is 1. The van der Waals surface area contributed by atoms with E-state index in [-0.39, 0.29) is 27.8 Å². The third kappa shape index (κ3) is 5.00. The second-order valence-electron chi connectivity index (χ2n) is 8.06. The lowest BCUT2D eigenvalue weighted by atomic mass is 9.85. The minimum Gasteiger partial charge on any atom is -0.300 e. The van der Waals surface area contributed by atoms with E-state index < -0.39 is 38.7 Å². The molecular weight excluding hydrogens is 446 g/mol. The van der Waals surface area contributed by atoms with Crippen molar-refractivity contribution < 1.29 is 22.0 Å². The quantitative estimate of drug-likeness (QED) is 0.536. The first-order valence-corrected chi connectivity index (χ1v) is 12.4. The Balaban J connectivity index is 1.98. The highest BCUT2D eigenvalue weighted by Crippen LogP contribution is 2.34. The molecule has 0 saturated carbocycles. The summed E-state index contributed by atoms with van der Waals surface area (Å²) in [6, 6.07) is 9.95.